The average Bonchev–Trinajstić information content (AvgIpc) is 3.02. The minimum Gasteiger partial charge on any atom is -0.342 e. The summed E-state index contributed by atoms with van der Waals surface area (Å²) in [4.78, 5) is 12.5. The molecular formula is C18H26N4. The van der Waals surface area contributed by atoms with Gasteiger partial charge in [-0.1, -0.05) is 19.3 Å². The molecule has 3 aliphatic heterocycles. The molecule has 1 saturated carbocycles. The monoisotopic (exact) mass is 298 g/mol. The van der Waals surface area contributed by atoms with Gasteiger partial charge in [0, 0.05) is 24.2 Å². The van der Waals surface area contributed by atoms with Crippen molar-refractivity contribution in [3.63, 3.8) is 0 Å². The first-order chi connectivity index (χ1) is 10.8. The van der Waals surface area contributed by atoms with Gasteiger partial charge >= 0.3 is 0 Å². The van der Waals surface area contributed by atoms with Crippen LogP contribution in [-0.4, -0.2) is 27.0 Å². The lowest BCUT2D eigenvalue weighted by molar-refractivity contribution is 0.193. The first-order valence-corrected chi connectivity index (χ1v) is 8.85. The molecule has 4 heteroatoms. The summed E-state index contributed by atoms with van der Waals surface area (Å²) in [5, 5.41) is 3.86. The number of hydrogen-bond acceptors (Lipinski definition) is 3. The van der Waals surface area contributed by atoms with Crippen molar-refractivity contribution in [3.05, 3.63) is 24.3 Å². The number of H-pyrrole nitrogens is 1. The Hall–Kier alpha value is -1.42. The second-order valence-corrected chi connectivity index (χ2v) is 7.25. The topological polar surface area (TPSA) is 53.6 Å². The highest BCUT2D eigenvalue weighted by molar-refractivity contribution is 5.54. The summed E-state index contributed by atoms with van der Waals surface area (Å²) >= 11 is 0. The van der Waals surface area contributed by atoms with Gasteiger partial charge in [-0.3, -0.25) is 4.98 Å². The van der Waals surface area contributed by atoms with Crippen LogP contribution in [0.5, 0.6) is 0 Å². The van der Waals surface area contributed by atoms with Crippen LogP contribution in [0.15, 0.2) is 18.5 Å². The highest BCUT2D eigenvalue weighted by Gasteiger charge is 2.33. The molecule has 4 aliphatic rings. The number of hydrogen-bond donors (Lipinski definition) is 2. The van der Waals surface area contributed by atoms with Gasteiger partial charge in [-0.2, -0.15) is 0 Å². The predicted molar refractivity (Wildman–Crippen MR) is 87.9 cm³/mol. The minimum absolute atomic E-state index is 0.544. The first-order valence-electron chi connectivity index (χ1n) is 8.85. The predicted octanol–water partition coefficient (Wildman–Crippen LogP) is 3.71. The van der Waals surface area contributed by atoms with Crippen LogP contribution in [-0.2, 0) is 0 Å². The van der Waals surface area contributed by atoms with Crippen LogP contribution in [0.1, 0.15) is 63.6 Å². The third-order valence-corrected chi connectivity index (χ3v) is 5.60. The van der Waals surface area contributed by atoms with Gasteiger partial charge in [-0.05, 0) is 44.6 Å². The summed E-state index contributed by atoms with van der Waals surface area (Å²) in [6, 6.07) is 3.29. The largest absolute Gasteiger partial charge is 0.342 e. The zero-order chi connectivity index (χ0) is 14.9. The van der Waals surface area contributed by atoms with Crippen LogP contribution in [0.2, 0.25) is 0 Å². The standard InChI is InChI=1S/C18H26N4/c1-12-9-14(10-16(21-12)13-5-3-2-4-6-13)18-20-11-17-15(22-18)7-8-19-17/h7-8,11-14,16,21H,2-6,9-10H2,1H3,(H,20,22). The van der Waals surface area contributed by atoms with Crippen molar-refractivity contribution in [1.82, 2.24) is 20.3 Å². The first kappa shape index (κ1) is 14.2. The van der Waals surface area contributed by atoms with E-state index >= 15 is 0 Å². The van der Waals surface area contributed by atoms with Gasteiger partial charge < -0.3 is 10.3 Å². The molecule has 3 atom stereocenters. The van der Waals surface area contributed by atoms with Gasteiger partial charge in [0.25, 0.3) is 0 Å². The molecule has 0 bridgehead atoms. The number of rotatable bonds is 2. The molecule has 22 heavy (non-hydrogen) atoms. The lowest BCUT2D eigenvalue weighted by Crippen LogP contribution is -2.48. The molecule has 4 nitrogen and oxygen atoms in total. The molecule has 0 aromatic heterocycles. The van der Waals surface area contributed by atoms with Crippen molar-refractivity contribution in [2.75, 3.05) is 0 Å². The van der Waals surface area contributed by atoms with E-state index in [1.807, 2.05) is 18.5 Å². The van der Waals surface area contributed by atoms with E-state index in [2.05, 4.69) is 27.2 Å². The zero-order valence-electron chi connectivity index (χ0n) is 13.4. The molecule has 0 aromatic carbocycles. The molecule has 0 radical (unpaired) electrons. The van der Waals surface area contributed by atoms with E-state index in [-0.39, 0.29) is 0 Å². The Morgan fingerprint density at radius 2 is 1.95 bits per heavy atom. The van der Waals surface area contributed by atoms with Crippen LogP contribution in [0.25, 0.3) is 11.4 Å². The molecule has 118 valence electrons. The van der Waals surface area contributed by atoms with Gasteiger partial charge in [0.1, 0.15) is 11.5 Å². The fourth-order valence-electron chi connectivity index (χ4n) is 4.48. The zero-order valence-corrected chi connectivity index (χ0v) is 13.4. The van der Waals surface area contributed by atoms with E-state index in [0.717, 1.165) is 23.1 Å². The van der Waals surface area contributed by atoms with E-state index in [9.17, 15) is 0 Å². The molecule has 1 aliphatic carbocycles. The van der Waals surface area contributed by atoms with Crippen molar-refractivity contribution in [1.29, 1.82) is 0 Å². The lowest BCUT2D eigenvalue weighted by Gasteiger charge is -2.40. The number of nitrogens with zero attached hydrogens (tertiary/aromatic N) is 2. The highest BCUT2D eigenvalue weighted by Crippen LogP contribution is 2.36. The molecule has 0 spiro atoms. The second-order valence-electron chi connectivity index (χ2n) is 7.25. The maximum absolute atomic E-state index is 4.67. The SMILES string of the molecule is CC1CC(c2ncc3nccc-3[nH]2)CC(C2CCCCC2)N1. The molecule has 2 N–H and O–H groups in total. The molecule has 0 amide bonds. The molecule has 3 heterocycles. The number of fused-ring (bicyclic) bond motifs is 1. The van der Waals surface area contributed by atoms with Crippen molar-refractivity contribution in [3.8, 4) is 11.4 Å². The molecule has 4 rings (SSSR count). The molecule has 2 fully saturated rings. The Kier molecular flexibility index (Phi) is 3.87. The fraction of sp³-hybridized carbons (Fsp3) is 0.667. The van der Waals surface area contributed by atoms with Crippen molar-refractivity contribution in [2.24, 2.45) is 5.92 Å². The Morgan fingerprint density at radius 3 is 2.82 bits per heavy atom. The summed E-state index contributed by atoms with van der Waals surface area (Å²) < 4.78 is 0. The third-order valence-electron chi connectivity index (χ3n) is 5.60. The lowest BCUT2D eigenvalue weighted by atomic mass is 9.76. The normalized spacial score (nSPS) is 30.7. The summed E-state index contributed by atoms with van der Waals surface area (Å²) in [6.45, 7) is 2.32. The van der Waals surface area contributed by atoms with Crippen LogP contribution in [0.3, 0.4) is 0 Å². The fourth-order valence-corrected chi connectivity index (χ4v) is 4.48. The highest BCUT2D eigenvalue weighted by atomic mass is 15.0. The number of piperidine rings is 1. The van der Waals surface area contributed by atoms with Crippen LogP contribution < -0.4 is 5.32 Å². The summed E-state index contributed by atoms with van der Waals surface area (Å²) in [6.07, 6.45) is 13.2. The minimum atomic E-state index is 0.544. The number of nitrogens with one attached hydrogen (secondary N) is 2. The van der Waals surface area contributed by atoms with E-state index < -0.39 is 0 Å². The Labute approximate surface area is 132 Å². The van der Waals surface area contributed by atoms with Gasteiger partial charge in [0.05, 0.1) is 11.9 Å². The van der Waals surface area contributed by atoms with Gasteiger partial charge in [0.15, 0.2) is 0 Å². The van der Waals surface area contributed by atoms with Crippen LogP contribution in [0.4, 0.5) is 0 Å². The second kappa shape index (κ2) is 5.99. The summed E-state index contributed by atoms with van der Waals surface area (Å²) in [7, 11) is 0. The van der Waals surface area contributed by atoms with Gasteiger partial charge in [0.2, 0.25) is 0 Å². The summed E-state index contributed by atoms with van der Waals surface area (Å²) in [5.74, 6) is 2.56. The van der Waals surface area contributed by atoms with Crippen molar-refractivity contribution >= 4 is 0 Å². The van der Waals surface area contributed by atoms with E-state index in [1.165, 1.54) is 44.9 Å². The Morgan fingerprint density at radius 1 is 1.09 bits per heavy atom. The van der Waals surface area contributed by atoms with Crippen LogP contribution >= 0.6 is 0 Å². The van der Waals surface area contributed by atoms with Crippen molar-refractivity contribution in [2.45, 2.75) is 69.9 Å². The quantitative estimate of drug-likeness (QED) is 0.888. The maximum atomic E-state index is 4.67. The third kappa shape index (κ3) is 2.76. The number of aromatic nitrogens is 3. The summed E-state index contributed by atoms with van der Waals surface area (Å²) in [5.41, 5.74) is 2.08. The van der Waals surface area contributed by atoms with Crippen LogP contribution in [0, 0.1) is 5.92 Å². The Bertz CT molecular complexity index is 587. The average molecular weight is 298 g/mol. The van der Waals surface area contributed by atoms with E-state index in [1.54, 1.807) is 0 Å². The van der Waals surface area contributed by atoms with E-state index in [4.69, 9.17) is 0 Å². The smallest absolute Gasteiger partial charge is 0.109 e. The molecule has 0 aromatic rings. The van der Waals surface area contributed by atoms with Gasteiger partial charge in [-0.15, -0.1) is 0 Å². The molecule has 1 saturated heterocycles. The molecule has 3 unspecified atom stereocenters. The van der Waals surface area contributed by atoms with Gasteiger partial charge in [-0.25, -0.2) is 4.98 Å². The Balaban J connectivity index is 1.54. The number of aromatic amines is 1. The molecular weight excluding hydrogens is 272 g/mol. The van der Waals surface area contributed by atoms with E-state index in [0.29, 0.717) is 18.0 Å². The maximum Gasteiger partial charge on any atom is 0.109 e. The van der Waals surface area contributed by atoms with Crippen molar-refractivity contribution < 1.29 is 0 Å².